The molecule has 1 unspecified atom stereocenters. The molecular formula is C7H9FN2OS. The minimum atomic E-state index is -1.78. The van der Waals surface area contributed by atoms with Crippen LogP contribution in [0.2, 0.25) is 0 Å². The monoisotopic (exact) mass is 188 g/mol. The first-order chi connectivity index (χ1) is 5.65. The molecule has 0 aliphatic heterocycles. The van der Waals surface area contributed by atoms with Crippen LogP contribution in [0.4, 0.5) is 4.39 Å². The molecule has 1 aromatic rings. The Balaban J connectivity index is 3.17. The fourth-order valence-corrected chi connectivity index (χ4v) is 1.36. The van der Waals surface area contributed by atoms with E-state index in [9.17, 15) is 8.60 Å². The average Bonchev–Trinajstić information content (AvgIpc) is 2.05. The number of hydrogen-bond donors (Lipinski definition) is 2. The van der Waals surface area contributed by atoms with Gasteiger partial charge in [0.05, 0.1) is 4.90 Å². The van der Waals surface area contributed by atoms with Crippen molar-refractivity contribution in [3.63, 3.8) is 0 Å². The molecule has 1 rings (SSSR count). The summed E-state index contributed by atoms with van der Waals surface area (Å²) < 4.78 is 23.6. The Morgan fingerprint density at radius 2 is 2.17 bits per heavy atom. The van der Waals surface area contributed by atoms with Crippen molar-refractivity contribution >= 4 is 11.0 Å². The van der Waals surface area contributed by atoms with E-state index in [1.807, 2.05) is 0 Å². The lowest BCUT2D eigenvalue weighted by molar-refractivity contribution is 0.594. The molecule has 0 aliphatic carbocycles. The van der Waals surface area contributed by atoms with E-state index in [0.29, 0.717) is 5.56 Å². The Hall–Kier alpha value is -0.780. The number of nitrogens with two attached hydrogens (primary N) is 2. The van der Waals surface area contributed by atoms with Gasteiger partial charge in [-0.2, -0.15) is 0 Å². The van der Waals surface area contributed by atoms with Crippen LogP contribution in [0.25, 0.3) is 0 Å². The molecule has 0 amide bonds. The second-order valence-corrected chi connectivity index (χ2v) is 3.30. The zero-order valence-electron chi connectivity index (χ0n) is 6.29. The number of halogens is 1. The fraction of sp³-hybridized carbons (Fsp3) is 0.143. The Kier molecular flexibility index (Phi) is 2.91. The highest BCUT2D eigenvalue weighted by Crippen LogP contribution is 2.12. The van der Waals surface area contributed by atoms with Gasteiger partial charge >= 0.3 is 0 Å². The van der Waals surface area contributed by atoms with Gasteiger partial charge in [0.25, 0.3) is 0 Å². The third-order valence-electron chi connectivity index (χ3n) is 1.45. The van der Waals surface area contributed by atoms with Gasteiger partial charge in [-0.1, -0.05) is 6.07 Å². The van der Waals surface area contributed by atoms with Gasteiger partial charge in [0.2, 0.25) is 0 Å². The van der Waals surface area contributed by atoms with Crippen molar-refractivity contribution in [1.29, 1.82) is 0 Å². The maximum absolute atomic E-state index is 12.8. The lowest BCUT2D eigenvalue weighted by Crippen LogP contribution is -2.07. The number of rotatable bonds is 2. The molecule has 0 radical (unpaired) electrons. The normalized spacial score (nSPS) is 12.9. The first-order valence-electron chi connectivity index (χ1n) is 3.30. The standard InChI is InChI=1S/C7H9FN2OS/c8-6-2-1-5(4-9)3-7(6)12(10)11/h1-3H,4,9-10H2. The van der Waals surface area contributed by atoms with Crippen LogP contribution < -0.4 is 10.9 Å². The molecule has 0 aliphatic rings. The predicted molar refractivity (Wildman–Crippen MR) is 44.9 cm³/mol. The van der Waals surface area contributed by atoms with Crippen LogP contribution in [0.15, 0.2) is 23.1 Å². The maximum atomic E-state index is 12.8. The first kappa shape index (κ1) is 9.31. The zero-order valence-corrected chi connectivity index (χ0v) is 7.10. The molecule has 0 bridgehead atoms. The van der Waals surface area contributed by atoms with Gasteiger partial charge in [-0.05, 0) is 17.7 Å². The van der Waals surface area contributed by atoms with Crippen molar-refractivity contribution < 1.29 is 8.60 Å². The van der Waals surface area contributed by atoms with Crippen molar-refractivity contribution in [2.24, 2.45) is 10.9 Å². The molecule has 0 spiro atoms. The summed E-state index contributed by atoms with van der Waals surface area (Å²) in [4.78, 5) is -0.00190. The van der Waals surface area contributed by atoms with Crippen molar-refractivity contribution in [1.82, 2.24) is 0 Å². The molecule has 66 valence electrons. The third-order valence-corrected chi connectivity index (χ3v) is 2.19. The van der Waals surface area contributed by atoms with Crippen molar-refractivity contribution in [2.45, 2.75) is 11.4 Å². The van der Waals surface area contributed by atoms with E-state index < -0.39 is 16.8 Å². The summed E-state index contributed by atoms with van der Waals surface area (Å²) in [6.45, 7) is 0.282. The van der Waals surface area contributed by atoms with Crippen LogP contribution in [0.3, 0.4) is 0 Å². The molecule has 3 nitrogen and oxygen atoms in total. The molecular weight excluding hydrogens is 179 g/mol. The van der Waals surface area contributed by atoms with Gasteiger partial charge < -0.3 is 5.73 Å². The van der Waals surface area contributed by atoms with Gasteiger partial charge in [0, 0.05) is 6.54 Å². The minimum Gasteiger partial charge on any atom is -0.326 e. The molecule has 0 fully saturated rings. The van der Waals surface area contributed by atoms with Crippen molar-refractivity contribution in [2.75, 3.05) is 0 Å². The fourth-order valence-electron chi connectivity index (χ4n) is 0.829. The van der Waals surface area contributed by atoms with Gasteiger partial charge in [0.15, 0.2) is 0 Å². The number of benzene rings is 1. The molecule has 0 aromatic heterocycles. The topological polar surface area (TPSA) is 69.1 Å². The molecule has 0 saturated carbocycles. The van der Waals surface area contributed by atoms with Gasteiger partial charge in [-0.25, -0.2) is 13.7 Å². The van der Waals surface area contributed by atoms with Gasteiger partial charge in [0.1, 0.15) is 16.8 Å². The smallest absolute Gasteiger partial charge is 0.140 e. The minimum absolute atomic E-state index is 0.00190. The van der Waals surface area contributed by atoms with Gasteiger partial charge in [-0.3, -0.25) is 0 Å². The second-order valence-electron chi connectivity index (χ2n) is 2.27. The van der Waals surface area contributed by atoms with E-state index in [1.54, 1.807) is 0 Å². The van der Waals surface area contributed by atoms with Gasteiger partial charge in [-0.15, -0.1) is 0 Å². The SMILES string of the molecule is NCc1ccc(F)c(S(N)=O)c1. The highest BCUT2D eigenvalue weighted by molar-refractivity contribution is 7.82. The first-order valence-corrected chi connectivity index (χ1v) is 4.51. The highest BCUT2D eigenvalue weighted by Gasteiger charge is 2.06. The molecule has 4 N–H and O–H groups in total. The van der Waals surface area contributed by atoms with E-state index in [-0.39, 0.29) is 11.4 Å². The Labute approximate surface area is 72.2 Å². The van der Waals surface area contributed by atoms with Crippen molar-refractivity contribution in [3.05, 3.63) is 29.6 Å². The summed E-state index contributed by atoms with van der Waals surface area (Å²) >= 11 is 0. The van der Waals surface area contributed by atoms with E-state index >= 15 is 0 Å². The van der Waals surface area contributed by atoms with E-state index in [2.05, 4.69) is 0 Å². The largest absolute Gasteiger partial charge is 0.326 e. The summed E-state index contributed by atoms with van der Waals surface area (Å²) in [6, 6.07) is 4.15. The van der Waals surface area contributed by atoms with Crippen molar-refractivity contribution in [3.8, 4) is 0 Å². The maximum Gasteiger partial charge on any atom is 0.140 e. The quantitative estimate of drug-likeness (QED) is 0.699. The summed E-state index contributed by atoms with van der Waals surface area (Å²) in [5.74, 6) is -0.562. The molecule has 1 atom stereocenters. The molecule has 1 aromatic carbocycles. The Bertz CT molecular complexity index is 316. The molecule has 0 heterocycles. The molecule has 12 heavy (non-hydrogen) atoms. The van der Waals surface area contributed by atoms with E-state index in [1.165, 1.54) is 18.2 Å². The Morgan fingerprint density at radius 3 is 2.67 bits per heavy atom. The molecule has 5 heteroatoms. The summed E-state index contributed by atoms with van der Waals surface area (Å²) in [7, 11) is -1.78. The van der Waals surface area contributed by atoms with Crippen LogP contribution in [0.1, 0.15) is 5.56 Å². The predicted octanol–water partition coefficient (Wildman–Crippen LogP) is 0.266. The van der Waals surface area contributed by atoms with Crippen LogP contribution >= 0.6 is 0 Å². The lowest BCUT2D eigenvalue weighted by atomic mass is 10.2. The second kappa shape index (κ2) is 3.75. The zero-order chi connectivity index (χ0) is 9.14. The average molecular weight is 188 g/mol. The van der Waals surface area contributed by atoms with Crippen LogP contribution in [0.5, 0.6) is 0 Å². The van der Waals surface area contributed by atoms with Crippen LogP contribution in [0, 0.1) is 5.82 Å². The Morgan fingerprint density at radius 1 is 1.50 bits per heavy atom. The van der Waals surface area contributed by atoms with Crippen LogP contribution in [-0.2, 0) is 17.5 Å². The highest BCUT2D eigenvalue weighted by atomic mass is 32.2. The summed E-state index contributed by atoms with van der Waals surface area (Å²) in [5.41, 5.74) is 6.02. The van der Waals surface area contributed by atoms with Crippen LogP contribution in [-0.4, -0.2) is 4.21 Å². The van der Waals surface area contributed by atoms with E-state index in [0.717, 1.165) is 0 Å². The molecule has 0 saturated heterocycles. The number of hydrogen-bond acceptors (Lipinski definition) is 2. The van der Waals surface area contributed by atoms with E-state index in [4.69, 9.17) is 10.9 Å². The lowest BCUT2D eigenvalue weighted by Gasteiger charge is -2.01. The summed E-state index contributed by atoms with van der Waals surface area (Å²) in [5, 5.41) is 5.03. The third kappa shape index (κ3) is 1.88. The summed E-state index contributed by atoms with van der Waals surface area (Å²) in [6.07, 6.45) is 0.